The molecule has 1 atom stereocenters. The van der Waals surface area contributed by atoms with E-state index >= 15 is 0 Å². The van der Waals surface area contributed by atoms with Gasteiger partial charge in [-0.25, -0.2) is 0 Å². The second kappa shape index (κ2) is 5.35. The van der Waals surface area contributed by atoms with Gasteiger partial charge in [-0.05, 0) is 19.2 Å². The maximum absolute atomic E-state index is 10.8. The lowest BCUT2D eigenvalue weighted by Gasteiger charge is -2.15. The van der Waals surface area contributed by atoms with Crippen molar-refractivity contribution in [3.63, 3.8) is 0 Å². The lowest BCUT2D eigenvalue weighted by Crippen LogP contribution is -2.18. The van der Waals surface area contributed by atoms with Crippen LogP contribution in [0.1, 0.15) is 11.6 Å². The van der Waals surface area contributed by atoms with Gasteiger partial charge in [0.1, 0.15) is 12.0 Å². The summed E-state index contributed by atoms with van der Waals surface area (Å²) < 4.78 is 5.13. The van der Waals surface area contributed by atoms with Crippen LogP contribution in [0.5, 0.6) is 5.75 Å². The molecule has 0 heterocycles. The smallest absolute Gasteiger partial charge is 0.142 e. The SMILES string of the molecule is CNC(C=O)c1cc(Cl)cc(Cl)c1OC. The molecule has 0 spiro atoms. The number of hydrogen-bond donors (Lipinski definition) is 1. The summed E-state index contributed by atoms with van der Waals surface area (Å²) in [6, 6.07) is 2.75. The van der Waals surface area contributed by atoms with Gasteiger partial charge in [0.2, 0.25) is 0 Å². The Hall–Kier alpha value is -0.770. The van der Waals surface area contributed by atoms with Gasteiger partial charge in [0.05, 0.1) is 18.2 Å². The van der Waals surface area contributed by atoms with E-state index in [1.165, 1.54) is 7.11 Å². The summed E-state index contributed by atoms with van der Waals surface area (Å²) in [6.45, 7) is 0. The summed E-state index contributed by atoms with van der Waals surface area (Å²) >= 11 is 11.8. The number of aldehydes is 1. The standard InChI is InChI=1S/C10H11Cl2NO2/c1-13-9(5-14)7-3-6(11)4-8(12)10(7)15-2/h3-5,9,13H,1-2H3. The first kappa shape index (κ1) is 12.3. The molecule has 0 radical (unpaired) electrons. The zero-order valence-corrected chi connectivity index (χ0v) is 9.89. The van der Waals surface area contributed by atoms with Crippen molar-refractivity contribution in [2.75, 3.05) is 14.2 Å². The van der Waals surface area contributed by atoms with Crippen molar-refractivity contribution in [2.45, 2.75) is 6.04 Å². The number of benzene rings is 1. The molecule has 3 nitrogen and oxygen atoms in total. The highest BCUT2D eigenvalue weighted by Crippen LogP contribution is 2.35. The van der Waals surface area contributed by atoms with Gasteiger partial charge in [-0.3, -0.25) is 0 Å². The molecule has 0 aliphatic heterocycles. The Morgan fingerprint density at radius 2 is 2.13 bits per heavy atom. The molecule has 0 saturated carbocycles. The van der Waals surface area contributed by atoms with E-state index in [1.807, 2.05) is 0 Å². The average molecular weight is 248 g/mol. The number of halogens is 2. The Morgan fingerprint density at radius 1 is 1.47 bits per heavy atom. The lowest BCUT2D eigenvalue weighted by molar-refractivity contribution is -0.109. The van der Waals surface area contributed by atoms with E-state index in [0.29, 0.717) is 21.4 Å². The minimum atomic E-state index is -0.476. The predicted octanol–water partition coefficient (Wildman–Crippen LogP) is 2.46. The monoisotopic (exact) mass is 247 g/mol. The first-order valence-corrected chi connectivity index (χ1v) is 5.05. The molecule has 0 saturated heterocycles. The van der Waals surface area contributed by atoms with Gasteiger partial charge in [-0.2, -0.15) is 0 Å². The second-order valence-corrected chi connectivity index (χ2v) is 3.76. The van der Waals surface area contributed by atoms with Gasteiger partial charge < -0.3 is 14.8 Å². The highest BCUT2D eigenvalue weighted by molar-refractivity contribution is 6.35. The van der Waals surface area contributed by atoms with E-state index in [4.69, 9.17) is 27.9 Å². The van der Waals surface area contributed by atoms with Gasteiger partial charge in [-0.1, -0.05) is 23.2 Å². The maximum atomic E-state index is 10.8. The number of hydrogen-bond acceptors (Lipinski definition) is 3. The van der Waals surface area contributed by atoms with Crippen molar-refractivity contribution >= 4 is 29.5 Å². The van der Waals surface area contributed by atoms with Crippen molar-refractivity contribution in [3.8, 4) is 5.75 Å². The number of likely N-dealkylation sites (N-methyl/N-ethyl adjacent to an activating group) is 1. The molecule has 0 aliphatic rings. The van der Waals surface area contributed by atoms with Gasteiger partial charge in [-0.15, -0.1) is 0 Å². The van der Waals surface area contributed by atoms with Crippen LogP contribution in [-0.2, 0) is 4.79 Å². The normalized spacial score (nSPS) is 12.3. The van der Waals surface area contributed by atoms with Crippen molar-refractivity contribution in [3.05, 3.63) is 27.7 Å². The fourth-order valence-corrected chi connectivity index (χ4v) is 1.91. The van der Waals surface area contributed by atoms with Crippen LogP contribution in [0.4, 0.5) is 0 Å². The van der Waals surface area contributed by atoms with E-state index in [1.54, 1.807) is 19.2 Å². The van der Waals surface area contributed by atoms with Gasteiger partial charge in [0, 0.05) is 10.6 Å². The summed E-state index contributed by atoms with van der Waals surface area (Å²) in [5.74, 6) is 0.465. The minimum Gasteiger partial charge on any atom is -0.495 e. The summed E-state index contributed by atoms with van der Waals surface area (Å²) in [4.78, 5) is 10.8. The second-order valence-electron chi connectivity index (χ2n) is 2.91. The molecule has 1 unspecified atom stereocenters. The van der Waals surface area contributed by atoms with E-state index in [-0.39, 0.29) is 0 Å². The number of methoxy groups -OCH3 is 1. The van der Waals surface area contributed by atoms with Crippen LogP contribution in [0.25, 0.3) is 0 Å². The number of carbonyl (C=O) groups is 1. The summed E-state index contributed by atoms with van der Waals surface area (Å²) in [5.41, 5.74) is 0.632. The highest BCUT2D eigenvalue weighted by Gasteiger charge is 2.17. The average Bonchev–Trinajstić information content (AvgIpc) is 2.19. The Morgan fingerprint density at radius 3 is 2.60 bits per heavy atom. The molecule has 0 aliphatic carbocycles. The van der Waals surface area contributed by atoms with Crippen LogP contribution in [0.15, 0.2) is 12.1 Å². The summed E-state index contributed by atoms with van der Waals surface area (Å²) in [6.07, 6.45) is 0.768. The van der Waals surface area contributed by atoms with E-state index < -0.39 is 6.04 Å². The summed E-state index contributed by atoms with van der Waals surface area (Å²) in [7, 11) is 3.17. The summed E-state index contributed by atoms with van der Waals surface area (Å²) in [5, 5.41) is 3.69. The fraction of sp³-hybridized carbons (Fsp3) is 0.300. The first-order chi connectivity index (χ1) is 7.13. The Balaban J connectivity index is 3.30. The van der Waals surface area contributed by atoms with Gasteiger partial charge in [0.25, 0.3) is 0 Å². The van der Waals surface area contributed by atoms with E-state index in [9.17, 15) is 4.79 Å². The number of nitrogens with one attached hydrogen (secondary N) is 1. The molecule has 5 heteroatoms. The van der Waals surface area contributed by atoms with Crippen LogP contribution in [0.3, 0.4) is 0 Å². The largest absolute Gasteiger partial charge is 0.495 e. The third-order valence-corrected chi connectivity index (χ3v) is 2.52. The molecule has 0 fully saturated rings. The quantitative estimate of drug-likeness (QED) is 0.832. The Kier molecular flexibility index (Phi) is 4.39. The Labute approximate surface area is 98.3 Å². The van der Waals surface area contributed by atoms with Crippen molar-refractivity contribution in [2.24, 2.45) is 0 Å². The highest BCUT2D eigenvalue weighted by atomic mass is 35.5. The van der Waals surface area contributed by atoms with Crippen molar-refractivity contribution in [1.82, 2.24) is 5.32 Å². The van der Waals surface area contributed by atoms with E-state index in [2.05, 4.69) is 5.32 Å². The first-order valence-electron chi connectivity index (χ1n) is 4.29. The predicted molar refractivity (Wildman–Crippen MR) is 60.9 cm³/mol. The molecule has 0 amide bonds. The van der Waals surface area contributed by atoms with Crippen molar-refractivity contribution in [1.29, 1.82) is 0 Å². The van der Waals surface area contributed by atoms with Gasteiger partial charge >= 0.3 is 0 Å². The molecule has 0 bridgehead atoms. The maximum Gasteiger partial charge on any atom is 0.142 e. The fourth-order valence-electron chi connectivity index (χ4n) is 1.32. The molecule has 1 rings (SSSR count). The molecular weight excluding hydrogens is 237 g/mol. The lowest BCUT2D eigenvalue weighted by atomic mass is 10.1. The van der Waals surface area contributed by atoms with Crippen LogP contribution < -0.4 is 10.1 Å². The molecule has 1 N–H and O–H groups in total. The van der Waals surface area contributed by atoms with E-state index in [0.717, 1.165) is 6.29 Å². The zero-order chi connectivity index (χ0) is 11.4. The molecule has 1 aromatic carbocycles. The molecule has 15 heavy (non-hydrogen) atoms. The van der Waals surface area contributed by atoms with Crippen molar-refractivity contribution < 1.29 is 9.53 Å². The molecule has 82 valence electrons. The van der Waals surface area contributed by atoms with Crippen LogP contribution in [-0.4, -0.2) is 20.4 Å². The van der Waals surface area contributed by atoms with Crippen LogP contribution in [0, 0.1) is 0 Å². The minimum absolute atomic E-state index is 0.391. The topological polar surface area (TPSA) is 38.3 Å². The third kappa shape index (κ3) is 2.62. The van der Waals surface area contributed by atoms with Crippen LogP contribution in [0.2, 0.25) is 10.0 Å². The van der Waals surface area contributed by atoms with Crippen LogP contribution >= 0.6 is 23.2 Å². The number of rotatable bonds is 4. The molecule has 1 aromatic rings. The third-order valence-electron chi connectivity index (χ3n) is 2.02. The molecule has 0 aromatic heterocycles. The molecular formula is C10H11Cl2NO2. The number of carbonyl (C=O) groups excluding carboxylic acids is 1. The zero-order valence-electron chi connectivity index (χ0n) is 8.38. The number of ether oxygens (including phenoxy) is 1. The van der Waals surface area contributed by atoms with Gasteiger partial charge in [0.15, 0.2) is 0 Å². The Bertz CT molecular complexity index is 369.